The molecule has 15 heavy (non-hydrogen) atoms. The first-order chi connectivity index (χ1) is 7.10. The van der Waals surface area contributed by atoms with Gasteiger partial charge < -0.3 is 0 Å². The molecule has 0 spiro atoms. The zero-order valence-corrected chi connectivity index (χ0v) is 8.56. The van der Waals surface area contributed by atoms with Crippen LogP contribution in [-0.4, -0.2) is 29.2 Å². The van der Waals surface area contributed by atoms with Crippen molar-refractivity contribution in [1.29, 1.82) is 0 Å². The summed E-state index contributed by atoms with van der Waals surface area (Å²) in [7, 11) is 0. The quantitative estimate of drug-likeness (QED) is 0.421. The smallest absolute Gasteiger partial charge is 0.151 e. The van der Waals surface area contributed by atoms with Crippen LogP contribution in [0.25, 0.3) is 0 Å². The first-order valence-electron chi connectivity index (χ1n) is 4.94. The van der Waals surface area contributed by atoms with Gasteiger partial charge in [0.25, 0.3) is 0 Å². The molecule has 0 saturated heterocycles. The van der Waals surface area contributed by atoms with E-state index < -0.39 is 5.92 Å². The highest BCUT2D eigenvalue weighted by molar-refractivity contribution is 6.20. The number of carbonyl (C=O) groups is 3. The van der Waals surface area contributed by atoms with Crippen LogP contribution in [0.4, 0.5) is 0 Å². The highest BCUT2D eigenvalue weighted by Crippen LogP contribution is 2.24. The Kier molecular flexibility index (Phi) is 4.11. The molecule has 0 aromatic heterocycles. The lowest BCUT2D eigenvalue weighted by Crippen LogP contribution is -2.39. The maximum atomic E-state index is 11.5. The summed E-state index contributed by atoms with van der Waals surface area (Å²) in [6.07, 6.45) is 0.453. The van der Waals surface area contributed by atoms with Gasteiger partial charge in [-0.1, -0.05) is 6.92 Å². The van der Waals surface area contributed by atoms with Gasteiger partial charge in [-0.2, -0.15) is 0 Å². The minimum absolute atomic E-state index is 0.0372. The molecule has 0 aromatic carbocycles. The van der Waals surface area contributed by atoms with Crippen molar-refractivity contribution >= 4 is 17.3 Å². The Labute approximate surface area is 87.3 Å². The van der Waals surface area contributed by atoms with E-state index in [9.17, 15) is 14.4 Å². The molecule has 0 heterocycles. The fourth-order valence-corrected chi connectivity index (χ4v) is 1.84. The molecule has 84 valence electrons. The monoisotopic (exact) mass is 214 g/mol. The molecule has 1 aliphatic rings. The molecule has 0 amide bonds. The predicted octanol–water partition coefficient (Wildman–Crippen LogP) is 0.619. The van der Waals surface area contributed by atoms with Crippen LogP contribution in [-0.2, 0) is 19.3 Å². The summed E-state index contributed by atoms with van der Waals surface area (Å²) < 4.78 is 0. The van der Waals surface area contributed by atoms with Crippen LogP contribution >= 0.6 is 0 Å². The molecule has 1 fully saturated rings. The van der Waals surface area contributed by atoms with E-state index in [1.54, 1.807) is 6.92 Å². The van der Waals surface area contributed by atoms with Crippen molar-refractivity contribution in [3.8, 4) is 0 Å². The standard InChI is InChI=1S/C10H14O5/c1-2-7(11)10-8(12)3-6(5-15-14)4-9(10)13/h6,10,14H,2-5H2,1H3. The first-order valence-corrected chi connectivity index (χ1v) is 4.94. The van der Waals surface area contributed by atoms with Crippen molar-refractivity contribution in [1.82, 2.24) is 0 Å². The highest BCUT2D eigenvalue weighted by Gasteiger charge is 2.39. The van der Waals surface area contributed by atoms with E-state index in [-0.39, 0.29) is 49.1 Å². The molecule has 0 aromatic rings. The summed E-state index contributed by atoms with van der Waals surface area (Å²) >= 11 is 0. The zero-order chi connectivity index (χ0) is 11.4. The Balaban J connectivity index is 2.69. The number of hydrogen-bond acceptors (Lipinski definition) is 5. The molecule has 1 rings (SSSR count). The molecule has 0 bridgehead atoms. The van der Waals surface area contributed by atoms with Gasteiger partial charge in [-0.3, -0.25) is 19.6 Å². The Morgan fingerprint density at radius 1 is 1.40 bits per heavy atom. The Morgan fingerprint density at radius 3 is 2.33 bits per heavy atom. The fraction of sp³-hybridized carbons (Fsp3) is 0.700. The molecule has 5 nitrogen and oxygen atoms in total. The molecule has 0 radical (unpaired) electrons. The molecule has 0 atom stereocenters. The Morgan fingerprint density at radius 2 is 1.93 bits per heavy atom. The minimum Gasteiger partial charge on any atom is -0.298 e. The number of Topliss-reactive ketones (excluding diaryl/α,β-unsaturated/α-hetero) is 3. The van der Waals surface area contributed by atoms with Gasteiger partial charge in [-0.25, -0.2) is 4.89 Å². The van der Waals surface area contributed by atoms with Gasteiger partial charge in [-0.05, 0) is 5.92 Å². The van der Waals surface area contributed by atoms with Gasteiger partial charge in [0.05, 0.1) is 6.61 Å². The van der Waals surface area contributed by atoms with Crippen molar-refractivity contribution in [2.75, 3.05) is 6.61 Å². The van der Waals surface area contributed by atoms with Crippen molar-refractivity contribution in [2.24, 2.45) is 11.8 Å². The van der Waals surface area contributed by atoms with Crippen LogP contribution in [0.15, 0.2) is 0 Å². The first kappa shape index (κ1) is 12.0. The van der Waals surface area contributed by atoms with Crippen LogP contribution in [0.1, 0.15) is 26.2 Å². The summed E-state index contributed by atoms with van der Waals surface area (Å²) in [4.78, 5) is 38.3. The van der Waals surface area contributed by atoms with Crippen molar-refractivity contribution < 1.29 is 24.5 Å². The van der Waals surface area contributed by atoms with E-state index in [0.29, 0.717) is 0 Å². The van der Waals surface area contributed by atoms with E-state index in [4.69, 9.17) is 5.26 Å². The number of hydrogen-bond donors (Lipinski definition) is 1. The summed E-state index contributed by atoms with van der Waals surface area (Å²) in [5.74, 6) is -2.37. The van der Waals surface area contributed by atoms with Crippen LogP contribution in [0, 0.1) is 11.8 Å². The Hall–Kier alpha value is -1.07. The lowest BCUT2D eigenvalue weighted by molar-refractivity contribution is -0.251. The fourth-order valence-electron chi connectivity index (χ4n) is 1.84. The topological polar surface area (TPSA) is 80.7 Å². The second kappa shape index (κ2) is 5.14. The van der Waals surface area contributed by atoms with Crippen molar-refractivity contribution in [3.63, 3.8) is 0 Å². The third kappa shape index (κ3) is 2.70. The van der Waals surface area contributed by atoms with Gasteiger partial charge in [0.15, 0.2) is 17.3 Å². The molecule has 0 unspecified atom stereocenters. The van der Waals surface area contributed by atoms with Crippen molar-refractivity contribution in [3.05, 3.63) is 0 Å². The molecule has 1 aliphatic carbocycles. The molecule has 0 aliphatic heterocycles. The number of rotatable bonds is 4. The average Bonchev–Trinajstić information content (AvgIpc) is 2.16. The molecule has 1 saturated carbocycles. The molecular formula is C10H14O5. The van der Waals surface area contributed by atoms with Gasteiger partial charge in [0, 0.05) is 19.3 Å². The van der Waals surface area contributed by atoms with Gasteiger partial charge in [-0.15, -0.1) is 0 Å². The second-order valence-electron chi connectivity index (χ2n) is 3.76. The molecular weight excluding hydrogens is 200 g/mol. The van der Waals surface area contributed by atoms with Crippen LogP contribution < -0.4 is 0 Å². The zero-order valence-electron chi connectivity index (χ0n) is 8.56. The third-order valence-corrected chi connectivity index (χ3v) is 2.60. The van der Waals surface area contributed by atoms with Crippen molar-refractivity contribution in [2.45, 2.75) is 26.2 Å². The second-order valence-corrected chi connectivity index (χ2v) is 3.76. The van der Waals surface area contributed by atoms with E-state index in [1.165, 1.54) is 0 Å². The third-order valence-electron chi connectivity index (χ3n) is 2.60. The maximum Gasteiger partial charge on any atom is 0.151 e. The molecule has 1 N–H and O–H groups in total. The van der Waals surface area contributed by atoms with Crippen LogP contribution in [0.2, 0.25) is 0 Å². The SMILES string of the molecule is CCC(=O)C1C(=O)CC(COO)CC1=O. The number of carbonyl (C=O) groups excluding carboxylic acids is 3. The lowest BCUT2D eigenvalue weighted by atomic mass is 9.78. The lowest BCUT2D eigenvalue weighted by Gasteiger charge is -2.24. The predicted molar refractivity (Wildman–Crippen MR) is 50.1 cm³/mol. The van der Waals surface area contributed by atoms with Crippen LogP contribution in [0.5, 0.6) is 0 Å². The summed E-state index contributed by atoms with van der Waals surface area (Å²) in [5.41, 5.74) is 0. The summed E-state index contributed by atoms with van der Waals surface area (Å²) in [6, 6.07) is 0. The normalized spacial score (nSPS) is 26.8. The maximum absolute atomic E-state index is 11.5. The largest absolute Gasteiger partial charge is 0.298 e. The highest BCUT2D eigenvalue weighted by atomic mass is 17.1. The van der Waals surface area contributed by atoms with E-state index >= 15 is 0 Å². The van der Waals surface area contributed by atoms with E-state index in [1.807, 2.05) is 0 Å². The summed E-state index contributed by atoms with van der Waals surface area (Å²) in [5, 5.41) is 8.22. The average molecular weight is 214 g/mol. The minimum atomic E-state index is -1.06. The Bertz CT molecular complexity index is 266. The van der Waals surface area contributed by atoms with Crippen LogP contribution in [0.3, 0.4) is 0 Å². The van der Waals surface area contributed by atoms with E-state index in [0.717, 1.165) is 0 Å². The molecule has 5 heteroatoms. The summed E-state index contributed by atoms with van der Waals surface area (Å²) in [6.45, 7) is 1.59. The van der Waals surface area contributed by atoms with Gasteiger partial charge in [0.2, 0.25) is 0 Å². The number of ketones is 3. The van der Waals surface area contributed by atoms with Gasteiger partial charge >= 0.3 is 0 Å². The van der Waals surface area contributed by atoms with Gasteiger partial charge in [0.1, 0.15) is 5.92 Å². The van der Waals surface area contributed by atoms with E-state index in [2.05, 4.69) is 4.89 Å².